The summed E-state index contributed by atoms with van der Waals surface area (Å²) in [6.07, 6.45) is 3.82. The molecule has 0 aromatic rings. The first-order valence-corrected chi connectivity index (χ1v) is 6.17. The number of nitriles is 1. The van der Waals surface area contributed by atoms with Crippen molar-refractivity contribution < 1.29 is 4.79 Å². The van der Waals surface area contributed by atoms with Gasteiger partial charge in [0.2, 0.25) is 0 Å². The Hall–Kier alpha value is -1.34. The minimum atomic E-state index is -0.324. The van der Waals surface area contributed by atoms with Crippen LogP contribution < -0.4 is 5.32 Å². The van der Waals surface area contributed by atoms with Gasteiger partial charge in [0, 0.05) is 18.6 Å². The molecule has 0 unspecified atom stereocenters. The summed E-state index contributed by atoms with van der Waals surface area (Å²) < 4.78 is 0. The fourth-order valence-corrected chi connectivity index (χ4v) is 2.10. The van der Waals surface area contributed by atoms with Gasteiger partial charge in [0.15, 0.2) is 0 Å². The Morgan fingerprint density at radius 2 is 2.06 bits per heavy atom. The molecule has 0 atom stereocenters. The SMILES string of the molecule is CCNC(C)(C)/C=C(\C#N)C(=O)N1CCCC1. The van der Waals surface area contributed by atoms with Crippen LogP contribution in [0.1, 0.15) is 33.6 Å². The van der Waals surface area contributed by atoms with Crippen LogP contribution in [0.2, 0.25) is 0 Å². The number of likely N-dealkylation sites (tertiary alicyclic amines) is 1. The summed E-state index contributed by atoms with van der Waals surface area (Å²) in [4.78, 5) is 13.8. The van der Waals surface area contributed by atoms with Crippen LogP contribution in [-0.4, -0.2) is 36.0 Å². The van der Waals surface area contributed by atoms with E-state index < -0.39 is 0 Å². The molecule has 0 radical (unpaired) electrons. The topological polar surface area (TPSA) is 56.1 Å². The first-order chi connectivity index (χ1) is 8.00. The Morgan fingerprint density at radius 1 is 1.47 bits per heavy atom. The monoisotopic (exact) mass is 235 g/mol. The van der Waals surface area contributed by atoms with E-state index in [-0.39, 0.29) is 17.0 Å². The fraction of sp³-hybridized carbons (Fsp3) is 0.692. The number of hydrogen-bond acceptors (Lipinski definition) is 3. The lowest BCUT2D eigenvalue weighted by molar-refractivity contribution is -0.125. The van der Waals surface area contributed by atoms with Gasteiger partial charge in [-0.05, 0) is 39.3 Å². The molecule has 1 saturated heterocycles. The molecule has 0 saturated carbocycles. The zero-order chi connectivity index (χ0) is 12.9. The van der Waals surface area contributed by atoms with E-state index in [9.17, 15) is 4.79 Å². The molecule has 1 aliphatic rings. The average molecular weight is 235 g/mol. The maximum absolute atomic E-state index is 12.1. The predicted molar refractivity (Wildman–Crippen MR) is 67.3 cm³/mol. The van der Waals surface area contributed by atoms with Crippen molar-refractivity contribution in [2.24, 2.45) is 0 Å². The van der Waals surface area contributed by atoms with E-state index in [2.05, 4.69) is 5.32 Å². The number of nitrogens with zero attached hydrogens (tertiary/aromatic N) is 2. The third kappa shape index (κ3) is 3.86. The van der Waals surface area contributed by atoms with Gasteiger partial charge in [-0.15, -0.1) is 0 Å². The largest absolute Gasteiger partial charge is 0.338 e. The van der Waals surface area contributed by atoms with Gasteiger partial charge in [0.1, 0.15) is 11.6 Å². The van der Waals surface area contributed by atoms with E-state index in [4.69, 9.17) is 5.26 Å². The van der Waals surface area contributed by atoms with Crippen LogP contribution in [0.5, 0.6) is 0 Å². The zero-order valence-corrected chi connectivity index (χ0v) is 10.9. The highest BCUT2D eigenvalue weighted by Gasteiger charge is 2.24. The molecule has 0 bridgehead atoms. The average Bonchev–Trinajstić information content (AvgIpc) is 2.78. The number of nitrogens with one attached hydrogen (secondary N) is 1. The number of likely N-dealkylation sites (N-methyl/N-ethyl adjacent to an activating group) is 1. The molecule has 0 aliphatic carbocycles. The van der Waals surface area contributed by atoms with Gasteiger partial charge < -0.3 is 10.2 Å². The summed E-state index contributed by atoms with van der Waals surface area (Å²) in [6.45, 7) is 8.29. The van der Waals surface area contributed by atoms with E-state index in [0.717, 1.165) is 32.5 Å². The number of carbonyl (C=O) groups excluding carboxylic acids is 1. The molecule has 1 aliphatic heterocycles. The van der Waals surface area contributed by atoms with Gasteiger partial charge >= 0.3 is 0 Å². The molecule has 4 nitrogen and oxygen atoms in total. The predicted octanol–water partition coefficient (Wildman–Crippen LogP) is 1.45. The van der Waals surface area contributed by atoms with Gasteiger partial charge in [-0.25, -0.2) is 0 Å². The molecule has 1 heterocycles. The first kappa shape index (κ1) is 13.7. The van der Waals surface area contributed by atoms with Crippen LogP contribution in [0.25, 0.3) is 0 Å². The van der Waals surface area contributed by atoms with Crippen LogP contribution in [0.3, 0.4) is 0 Å². The second kappa shape index (κ2) is 5.83. The second-order valence-corrected chi connectivity index (χ2v) is 4.92. The van der Waals surface area contributed by atoms with Crippen molar-refractivity contribution in [1.82, 2.24) is 10.2 Å². The van der Waals surface area contributed by atoms with E-state index in [1.165, 1.54) is 0 Å². The lowest BCUT2D eigenvalue weighted by Gasteiger charge is -2.23. The van der Waals surface area contributed by atoms with Crippen molar-refractivity contribution in [3.05, 3.63) is 11.6 Å². The molecule has 4 heteroatoms. The minimum absolute atomic E-state index is 0.129. The maximum atomic E-state index is 12.1. The molecule has 1 rings (SSSR count). The standard InChI is InChI=1S/C13H21N3O/c1-4-15-13(2,3)9-11(10-14)12(17)16-7-5-6-8-16/h9,15H,4-8H2,1-3H3/b11-9+. The molecule has 0 spiro atoms. The minimum Gasteiger partial charge on any atom is -0.338 e. The molecule has 94 valence electrons. The number of carbonyl (C=O) groups is 1. The van der Waals surface area contributed by atoms with Crippen LogP contribution in [0.4, 0.5) is 0 Å². The summed E-state index contributed by atoms with van der Waals surface area (Å²) in [5.74, 6) is -0.129. The molecule has 1 N–H and O–H groups in total. The van der Waals surface area contributed by atoms with Gasteiger partial charge in [0.05, 0.1) is 0 Å². The van der Waals surface area contributed by atoms with Gasteiger partial charge in [-0.3, -0.25) is 4.79 Å². The lowest BCUT2D eigenvalue weighted by Crippen LogP contribution is -2.38. The van der Waals surface area contributed by atoms with Crippen molar-refractivity contribution in [3.8, 4) is 6.07 Å². The molecule has 0 aromatic heterocycles. The maximum Gasteiger partial charge on any atom is 0.264 e. The van der Waals surface area contributed by atoms with Crippen molar-refractivity contribution in [3.63, 3.8) is 0 Å². The van der Waals surface area contributed by atoms with Crippen LogP contribution in [-0.2, 0) is 4.79 Å². The summed E-state index contributed by atoms with van der Waals surface area (Å²) in [7, 11) is 0. The number of amides is 1. The van der Waals surface area contributed by atoms with E-state index >= 15 is 0 Å². The van der Waals surface area contributed by atoms with Crippen LogP contribution in [0.15, 0.2) is 11.6 Å². The number of rotatable bonds is 4. The Bertz CT molecular complexity index is 346. The van der Waals surface area contributed by atoms with Gasteiger partial charge in [-0.1, -0.05) is 6.92 Å². The highest BCUT2D eigenvalue weighted by molar-refractivity contribution is 5.97. The van der Waals surface area contributed by atoms with Crippen LogP contribution in [0, 0.1) is 11.3 Å². The van der Waals surface area contributed by atoms with E-state index in [1.54, 1.807) is 11.0 Å². The molecule has 1 fully saturated rings. The first-order valence-electron chi connectivity index (χ1n) is 6.17. The number of hydrogen-bond donors (Lipinski definition) is 1. The highest BCUT2D eigenvalue weighted by atomic mass is 16.2. The molecule has 17 heavy (non-hydrogen) atoms. The Labute approximate surface area is 103 Å². The molecular weight excluding hydrogens is 214 g/mol. The van der Waals surface area contributed by atoms with Crippen LogP contribution >= 0.6 is 0 Å². The zero-order valence-electron chi connectivity index (χ0n) is 10.9. The van der Waals surface area contributed by atoms with Gasteiger partial charge in [0.25, 0.3) is 5.91 Å². The Kier molecular flexibility index (Phi) is 4.71. The Balaban J connectivity index is 2.80. The quantitative estimate of drug-likeness (QED) is 0.592. The lowest BCUT2D eigenvalue weighted by atomic mass is 10.0. The second-order valence-electron chi connectivity index (χ2n) is 4.92. The normalized spacial score (nSPS) is 17.1. The third-order valence-electron chi connectivity index (χ3n) is 2.88. The summed E-state index contributed by atoms with van der Waals surface area (Å²) in [6, 6.07) is 2.02. The van der Waals surface area contributed by atoms with E-state index in [1.807, 2.05) is 26.8 Å². The molecule has 0 aromatic carbocycles. The molecule has 1 amide bonds. The van der Waals surface area contributed by atoms with Crippen molar-refractivity contribution in [2.45, 2.75) is 39.2 Å². The van der Waals surface area contributed by atoms with Gasteiger partial charge in [-0.2, -0.15) is 5.26 Å². The van der Waals surface area contributed by atoms with E-state index in [0.29, 0.717) is 0 Å². The summed E-state index contributed by atoms with van der Waals surface area (Å²) in [5, 5.41) is 12.3. The van der Waals surface area contributed by atoms with Crippen molar-refractivity contribution >= 4 is 5.91 Å². The fourth-order valence-electron chi connectivity index (χ4n) is 2.10. The summed E-state index contributed by atoms with van der Waals surface area (Å²) in [5.41, 5.74) is -0.0762. The highest BCUT2D eigenvalue weighted by Crippen LogP contribution is 2.14. The Morgan fingerprint density at radius 3 is 2.53 bits per heavy atom. The van der Waals surface area contributed by atoms with Crippen molar-refractivity contribution in [1.29, 1.82) is 5.26 Å². The third-order valence-corrected chi connectivity index (χ3v) is 2.88. The smallest absolute Gasteiger partial charge is 0.264 e. The summed E-state index contributed by atoms with van der Waals surface area (Å²) >= 11 is 0. The van der Waals surface area contributed by atoms with Crippen molar-refractivity contribution in [2.75, 3.05) is 19.6 Å². The molecular formula is C13H21N3O.